The van der Waals surface area contributed by atoms with E-state index >= 15 is 0 Å². The minimum Gasteiger partial charge on any atom is -0.354 e. The predicted octanol–water partition coefficient (Wildman–Crippen LogP) is 1.21. The Morgan fingerprint density at radius 3 is 2.71 bits per heavy atom. The molecule has 0 aromatic heterocycles. The van der Waals surface area contributed by atoms with Gasteiger partial charge >= 0.3 is 0 Å². The van der Waals surface area contributed by atoms with Crippen LogP contribution in [0.3, 0.4) is 0 Å². The van der Waals surface area contributed by atoms with E-state index in [9.17, 15) is 9.59 Å². The van der Waals surface area contributed by atoms with Gasteiger partial charge in [0.05, 0.1) is 0 Å². The largest absolute Gasteiger partial charge is 0.354 e. The number of carbonyl (C=O) groups is 2. The van der Waals surface area contributed by atoms with E-state index in [4.69, 9.17) is 5.73 Å². The van der Waals surface area contributed by atoms with Gasteiger partial charge in [0.15, 0.2) is 0 Å². The first-order valence-corrected chi connectivity index (χ1v) is 7.56. The SMILES string of the molecule is NCCCNC(=O)C(c1ccccc1)N1CCCCC1=O. The molecule has 1 heterocycles. The molecule has 1 aromatic carbocycles. The summed E-state index contributed by atoms with van der Waals surface area (Å²) in [6.45, 7) is 1.72. The van der Waals surface area contributed by atoms with Crippen LogP contribution in [-0.4, -0.2) is 36.3 Å². The first-order chi connectivity index (χ1) is 10.2. The molecule has 0 aliphatic carbocycles. The van der Waals surface area contributed by atoms with Crippen molar-refractivity contribution >= 4 is 11.8 Å². The highest BCUT2D eigenvalue weighted by atomic mass is 16.2. The van der Waals surface area contributed by atoms with Gasteiger partial charge in [-0.25, -0.2) is 0 Å². The van der Waals surface area contributed by atoms with Crippen LogP contribution in [-0.2, 0) is 9.59 Å². The van der Waals surface area contributed by atoms with Gasteiger partial charge < -0.3 is 16.0 Å². The Morgan fingerprint density at radius 1 is 1.29 bits per heavy atom. The number of hydrogen-bond acceptors (Lipinski definition) is 3. The molecule has 2 amide bonds. The molecule has 0 spiro atoms. The summed E-state index contributed by atoms with van der Waals surface area (Å²) in [7, 11) is 0. The second-order valence-electron chi connectivity index (χ2n) is 5.29. The van der Waals surface area contributed by atoms with Crippen molar-refractivity contribution in [2.75, 3.05) is 19.6 Å². The van der Waals surface area contributed by atoms with E-state index in [0.717, 1.165) is 24.8 Å². The highest BCUT2D eigenvalue weighted by molar-refractivity contribution is 5.89. The Balaban J connectivity index is 2.17. The highest BCUT2D eigenvalue weighted by Crippen LogP contribution is 2.25. The van der Waals surface area contributed by atoms with Gasteiger partial charge in [0.25, 0.3) is 0 Å². The van der Waals surface area contributed by atoms with Gasteiger partial charge in [-0.15, -0.1) is 0 Å². The maximum atomic E-state index is 12.5. The van der Waals surface area contributed by atoms with Gasteiger partial charge in [-0.2, -0.15) is 0 Å². The Labute approximate surface area is 125 Å². The molecule has 5 nitrogen and oxygen atoms in total. The number of hydrogen-bond donors (Lipinski definition) is 2. The minimum atomic E-state index is -0.531. The number of benzene rings is 1. The summed E-state index contributed by atoms with van der Waals surface area (Å²) in [5.41, 5.74) is 6.31. The molecular weight excluding hydrogens is 266 g/mol. The quantitative estimate of drug-likeness (QED) is 0.773. The van der Waals surface area contributed by atoms with Gasteiger partial charge in [0.2, 0.25) is 11.8 Å². The lowest BCUT2D eigenvalue weighted by Crippen LogP contribution is -2.46. The predicted molar refractivity (Wildman–Crippen MR) is 81.4 cm³/mol. The molecule has 1 fully saturated rings. The van der Waals surface area contributed by atoms with E-state index in [1.165, 1.54) is 0 Å². The second kappa shape index (κ2) is 7.78. The summed E-state index contributed by atoms with van der Waals surface area (Å²) < 4.78 is 0. The highest BCUT2D eigenvalue weighted by Gasteiger charge is 2.32. The van der Waals surface area contributed by atoms with Crippen molar-refractivity contribution in [3.05, 3.63) is 35.9 Å². The maximum Gasteiger partial charge on any atom is 0.247 e. The number of nitrogens with two attached hydrogens (primary N) is 1. The third-order valence-electron chi connectivity index (χ3n) is 3.72. The van der Waals surface area contributed by atoms with Gasteiger partial charge in [-0.3, -0.25) is 9.59 Å². The lowest BCUT2D eigenvalue weighted by molar-refractivity contribution is -0.142. The molecule has 1 aliphatic rings. The summed E-state index contributed by atoms with van der Waals surface area (Å²) in [5, 5.41) is 2.89. The Hall–Kier alpha value is -1.88. The molecule has 1 saturated heterocycles. The summed E-state index contributed by atoms with van der Waals surface area (Å²) in [5.74, 6) is -0.0611. The van der Waals surface area contributed by atoms with Gasteiger partial charge in [-0.1, -0.05) is 30.3 Å². The average molecular weight is 289 g/mol. The fourth-order valence-electron chi connectivity index (χ4n) is 2.62. The third kappa shape index (κ3) is 4.04. The van der Waals surface area contributed by atoms with Crippen LogP contribution in [0.1, 0.15) is 37.3 Å². The normalized spacial score (nSPS) is 16.6. The van der Waals surface area contributed by atoms with Crippen molar-refractivity contribution in [3.8, 4) is 0 Å². The zero-order valence-electron chi connectivity index (χ0n) is 12.3. The molecule has 0 bridgehead atoms. The van der Waals surface area contributed by atoms with Crippen LogP contribution in [0.25, 0.3) is 0 Å². The number of likely N-dealkylation sites (tertiary alicyclic amines) is 1. The molecule has 1 aromatic rings. The molecule has 3 N–H and O–H groups in total. The van der Waals surface area contributed by atoms with Crippen molar-refractivity contribution in [2.45, 2.75) is 31.7 Å². The molecular formula is C16H23N3O2. The van der Waals surface area contributed by atoms with Gasteiger partial charge in [0, 0.05) is 19.5 Å². The van der Waals surface area contributed by atoms with Crippen LogP contribution in [0.5, 0.6) is 0 Å². The zero-order valence-corrected chi connectivity index (χ0v) is 12.3. The Kier molecular flexibility index (Phi) is 5.75. The lowest BCUT2D eigenvalue weighted by Gasteiger charge is -2.34. The summed E-state index contributed by atoms with van der Waals surface area (Å²) in [6, 6.07) is 8.96. The smallest absolute Gasteiger partial charge is 0.247 e. The molecule has 21 heavy (non-hydrogen) atoms. The fraction of sp³-hybridized carbons (Fsp3) is 0.500. The molecule has 0 saturated carbocycles. The number of piperidine rings is 1. The van der Waals surface area contributed by atoms with Crippen LogP contribution >= 0.6 is 0 Å². The summed E-state index contributed by atoms with van der Waals surface area (Å²) >= 11 is 0. The molecule has 1 aliphatic heterocycles. The van der Waals surface area contributed by atoms with Crippen molar-refractivity contribution in [1.82, 2.24) is 10.2 Å². The number of rotatable bonds is 6. The van der Waals surface area contributed by atoms with E-state index in [1.807, 2.05) is 30.3 Å². The Bertz CT molecular complexity index is 476. The summed E-state index contributed by atoms with van der Waals surface area (Å²) in [4.78, 5) is 26.4. The number of carbonyl (C=O) groups excluding carboxylic acids is 2. The molecule has 0 radical (unpaired) electrons. The van der Waals surface area contributed by atoms with Crippen LogP contribution < -0.4 is 11.1 Å². The standard InChI is InChI=1S/C16H23N3O2/c17-10-6-11-18-16(21)15(13-7-2-1-3-8-13)19-12-5-4-9-14(19)20/h1-3,7-8,15H,4-6,9-12,17H2,(H,18,21). The first kappa shape index (κ1) is 15.5. The molecule has 1 atom stereocenters. The third-order valence-corrected chi connectivity index (χ3v) is 3.72. The average Bonchev–Trinajstić information content (AvgIpc) is 2.51. The number of amides is 2. The molecule has 5 heteroatoms. The Morgan fingerprint density at radius 2 is 2.05 bits per heavy atom. The number of nitrogens with zero attached hydrogens (tertiary/aromatic N) is 1. The van der Waals surface area contributed by atoms with E-state index in [2.05, 4.69) is 5.32 Å². The van der Waals surface area contributed by atoms with Crippen molar-refractivity contribution in [2.24, 2.45) is 5.73 Å². The van der Waals surface area contributed by atoms with E-state index in [1.54, 1.807) is 4.90 Å². The maximum absolute atomic E-state index is 12.5. The monoisotopic (exact) mass is 289 g/mol. The van der Waals surface area contributed by atoms with Crippen LogP contribution in [0.4, 0.5) is 0 Å². The first-order valence-electron chi connectivity index (χ1n) is 7.56. The van der Waals surface area contributed by atoms with Gasteiger partial charge in [-0.05, 0) is 31.4 Å². The van der Waals surface area contributed by atoms with Crippen LogP contribution in [0.2, 0.25) is 0 Å². The fourth-order valence-corrected chi connectivity index (χ4v) is 2.62. The van der Waals surface area contributed by atoms with Crippen molar-refractivity contribution < 1.29 is 9.59 Å². The second-order valence-corrected chi connectivity index (χ2v) is 5.29. The molecule has 114 valence electrons. The van der Waals surface area contributed by atoms with E-state index in [-0.39, 0.29) is 11.8 Å². The van der Waals surface area contributed by atoms with Gasteiger partial charge in [0.1, 0.15) is 6.04 Å². The minimum absolute atomic E-state index is 0.0593. The van der Waals surface area contributed by atoms with Crippen molar-refractivity contribution in [3.63, 3.8) is 0 Å². The molecule has 1 unspecified atom stereocenters. The lowest BCUT2D eigenvalue weighted by atomic mass is 10.0. The van der Waals surface area contributed by atoms with Crippen LogP contribution in [0, 0.1) is 0 Å². The topological polar surface area (TPSA) is 75.4 Å². The van der Waals surface area contributed by atoms with Crippen molar-refractivity contribution in [1.29, 1.82) is 0 Å². The van der Waals surface area contributed by atoms with E-state index in [0.29, 0.717) is 26.1 Å². The number of nitrogens with one attached hydrogen (secondary N) is 1. The summed E-state index contributed by atoms with van der Waals surface area (Å²) in [6.07, 6.45) is 3.12. The zero-order chi connectivity index (χ0) is 15.1. The van der Waals surface area contributed by atoms with E-state index < -0.39 is 6.04 Å². The van der Waals surface area contributed by atoms with Crippen LogP contribution in [0.15, 0.2) is 30.3 Å². The molecule has 2 rings (SSSR count).